The molecule has 2 heterocycles. The van der Waals surface area contributed by atoms with Crippen LogP contribution in [0.5, 0.6) is 5.88 Å². The molecule has 2 aromatic rings. The van der Waals surface area contributed by atoms with Gasteiger partial charge < -0.3 is 15.4 Å². The summed E-state index contributed by atoms with van der Waals surface area (Å²) in [4.78, 5) is 10.7. The minimum Gasteiger partial charge on any atom is -0.478 e. The van der Waals surface area contributed by atoms with Gasteiger partial charge >= 0.3 is 0 Å². The highest BCUT2D eigenvalue weighted by Gasteiger charge is 2.20. The van der Waals surface area contributed by atoms with Gasteiger partial charge in [0.15, 0.2) is 0 Å². The molecular formula is C15H18N4O. The largest absolute Gasteiger partial charge is 0.478 e. The zero-order chi connectivity index (χ0) is 13.9. The molecule has 0 amide bonds. The fourth-order valence-corrected chi connectivity index (χ4v) is 2.36. The second kappa shape index (κ2) is 5.36. The van der Waals surface area contributed by atoms with Crippen molar-refractivity contribution >= 4 is 11.5 Å². The average molecular weight is 270 g/mol. The monoisotopic (exact) mass is 270 g/mol. The van der Waals surface area contributed by atoms with Crippen LogP contribution in [0.4, 0.5) is 11.5 Å². The lowest BCUT2D eigenvalue weighted by molar-refractivity contribution is 0.304. The molecule has 2 N–H and O–H groups in total. The van der Waals surface area contributed by atoms with Crippen LogP contribution in [0.15, 0.2) is 30.6 Å². The molecular weight excluding hydrogens is 252 g/mol. The Labute approximate surface area is 118 Å². The van der Waals surface area contributed by atoms with Gasteiger partial charge in [-0.1, -0.05) is 13.0 Å². The molecule has 5 heteroatoms. The zero-order valence-corrected chi connectivity index (χ0v) is 11.5. The van der Waals surface area contributed by atoms with Gasteiger partial charge in [-0.15, -0.1) is 0 Å². The molecule has 0 radical (unpaired) electrons. The molecule has 1 aliphatic heterocycles. The minimum absolute atomic E-state index is 0.632. The van der Waals surface area contributed by atoms with Crippen molar-refractivity contribution in [2.75, 3.05) is 17.2 Å². The van der Waals surface area contributed by atoms with Gasteiger partial charge in [-0.3, -0.25) is 0 Å². The van der Waals surface area contributed by atoms with E-state index in [2.05, 4.69) is 27.9 Å². The molecule has 0 bridgehead atoms. The number of aromatic nitrogens is 2. The molecule has 5 nitrogen and oxygen atoms in total. The van der Waals surface area contributed by atoms with Gasteiger partial charge in [0.05, 0.1) is 6.61 Å². The second-order valence-electron chi connectivity index (χ2n) is 4.95. The Morgan fingerprint density at radius 3 is 2.90 bits per heavy atom. The molecule has 20 heavy (non-hydrogen) atoms. The maximum atomic E-state index is 5.83. The molecule has 0 saturated heterocycles. The fourth-order valence-electron chi connectivity index (χ4n) is 2.36. The topological polar surface area (TPSA) is 64.3 Å². The Bertz CT molecular complexity index is 615. The lowest BCUT2D eigenvalue weighted by Crippen LogP contribution is -2.16. The van der Waals surface area contributed by atoms with Crippen LogP contribution < -0.4 is 15.4 Å². The van der Waals surface area contributed by atoms with Crippen molar-refractivity contribution in [2.45, 2.75) is 26.4 Å². The van der Waals surface area contributed by atoms with Crippen molar-refractivity contribution in [3.63, 3.8) is 0 Å². The van der Waals surface area contributed by atoms with Gasteiger partial charge in [0.25, 0.3) is 0 Å². The Morgan fingerprint density at radius 1 is 1.20 bits per heavy atom. The second-order valence-corrected chi connectivity index (χ2v) is 4.95. The number of hydrogen-bond acceptors (Lipinski definition) is 5. The van der Waals surface area contributed by atoms with E-state index in [1.165, 1.54) is 11.1 Å². The van der Waals surface area contributed by atoms with Crippen LogP contribution in [0.25, 0.3) is 0 Å². The first-order valence-electron chi connectivity index (χ1n) is 6.83. The van der Waals surface area contributed by atoms with E-state index >= 15 is 0 Å². The molecule has 0 saturated carbocycles. The van der Waals surface area contributed by atoms with Gasteiger partial charge in [0.1, 0.15) is 12.1 Å². The number of nitrogen functional groups attached to an aromatic ring is 1. The fraction of sp³-hybridized carbons (Fsp3) is 0.333. The van der Waals surface area contributed by atoms with Gasteiger partial charge in [0.2, 0.25) is 5.88 Å². The minimum atomic E-state index is 0.632. The number of nitrogens with zero attached hydrogens (tertiary/aromatic N) is 3. The highest BCUT2D eigenvalue weighted by Crippen LogP contribution is 2.29. The summed E-state index contributed by atoms with van der Waals surface area (Å²) >= 11 is 0. The maximum Gasteiger partial charge on any atom is 0.218 e. The van der Waals surface area contributed by atoms with Gasteiger partial charge in [-0.25, -0.2) is 9.97 Å². The smallest absolute Gasteiger partial charge is 0.218 e. The first-order valence-corrected chi connectivity index (χ1v) is 6.83. The van der Waals surface area contributed by atoms with Crippen LogP contribution in [0.2, 0.25) is 0 Å². The molecule has 1 aliphatic rings. The number of anilines is 2. The molecule has 0 unspecified atom stereocenters. The number of ether oxygens (including phenoxy) is 1. The molecule has 0 fully saturated rings. The summed E-state index contributed by atoms with van der Waals surface area (Å²) in [5.41, 5.74) is 9.20. The average Bonchev–Trinajstić information content (AvgIpc) is 2.88. The number of benzene rings is 1. The van der Waals surface area contributed by atoms with Crippen LogP contribution in [0.3, 0.4) is 0 Å². The van der Waals surface area contributed by atoms with Gasteiger partial charge in [-0.05, 0) is 29.7 Å². The van der Waals surface area contributed by atoms with E-state index in [1.807, 2.05) is 18.2 Å². The summed E-state index contributed by atoms with van der Waals surface area (Å²) in [5, 5.41) is 0. The van der Waals surface area contributed by atoms with E-state index in [0.29, 0.717) is 12.5 Å². The van der Waals surface area contributed by atoms with Crippen LogP contribution in [-0.2, 0) is 13.1 Å². The van der Waals surface area contributed by atoms with E-state index < -0.39 is 0 Å². The summed E-state index contributed by atoms with van der Waals surface area (Å²) < 4.78 is 5.55. The normalized spacial score (nSPS) is 13.3. The number of hydrogen-bond donors (Lipinski definition) is 1. The summed E-state index contributed by atoms with van der Waals surface area (Å²) in [7, 11) is 0. The van der Waals surface area contributed by atoms with Crippen molar-refractivity contribution in [1.29, 1.82) is 0 Å². The van der Waals surface area contributed by atoms with E-state index in [-0.39, 0.29) is 0 Å². The van der Waals surface area contributed by atoms with Crippen LogP contribution in [0.1, 0.15) is 24.5 Å². The van der Waals surface area contributed by atoms with Crippen LogP contribution in [-0.4, -0.2) is 16.6 Å². The van der Waals surface area contributed by atoms with Crippen molar-refractivity contribution in [1.82, 2.24) is 9.97 Å². The van der Waals surface area contributed by atoms with Gasteiger partial charge in [-0.2, -0.15) is 0 Å². The first-order chi connectivity index (χ1) is 9.76. The van der Waals surface area contributed by atoms with Crippen molar-refractivity contribution in [3.8, 4) is 5.88 Å². The summed E-state index contributed by atoms with van der Waals surface area (Å²) in [6, 6.07) is 7.95. The van der Waals surface area contributed by atoms with Gasteiger partial charge in [0, 0.05) is 24.8 Å². The third-order valence-corrected chi connectivity index (χ3v) is 3.36. The SMILES string of the molecule is CCCOc1cc(N2Cc3ccc(N)cc3C2)ncn1. The van der Waals surface area contributed by atoms with Crippen LogP contribution in [0, 0.1) is 0 Å². The predicted octanol–water partition coefficient (Wildman–Crippen LogP) is 2.37. The number of rotatable bonds is 4. The Balaban J connectivity index is 1.78. The Kier molecular flexibility index (Phi) is 3.41. The molecule has 104 valence electrons. The summed E-state index contributed by atoms with van der Waals surface area (Å²) in [6.45, 7) is 4.42. The number of fused-ring (bicyclic) bond motifs is 1. The number of nitrogens with two attached hydrogens (primary N) is 1. The third-order valence-electron chi connectivity index (χ3n) is 3.36. The quantitative estimate of drug-likeness (QED) is 0.864. The zero-order valence-electron chi connectivity index (χ0n) is 11.5. The van der Waals surface area contributed by atoms with Crippen molar-refractivity contribution in [3.05, 3.63) is 41.7 Å². The predicted molar refractivity (Wildman–Crippen MR) is 78.6 cm³/mol. The van der Waals surface area contributed by atoms with Crippen LogP contribution >= 0.6 is 0 Å². The van der Waals surface area contributed by atoms with E-state index in [1.54, 1.807) is 6.33 Å². The Hall–Kier alpha value is -2.30. The highest BCUT2D eigenvalue weighted by molar-refractivity contribution is 5.53. The Morgan fingerprint density at radius 2 is 2.05 bits per heavy atom. The lowest BCUT2D eigenvalue weighted by atomic mass is 10.1. The molecule has 1 aromatic heterocycles. The first kappa shape index (κ1) is 12.7. The molecule has 0 spiro atoms. The van der Waals surface area contributed by atoms with Crippen molar-refractivity contribution in [2.24, 2.45) is 0 Å². The molecule has 3 rings (SSSR count). The molecule has 0 aliphatic carbocycles. The van der Waals surface area contributed by atoms with E-state index in [4.69, 9.17) is 10.5 Å². The van der Waals surface area contributed by atoms with E-state index in [0.717, 1.165) is 31.0 Å². The lowest BCUT2D eigenvalue weighted by Gasteiger charge is -2.16. The highest BCUT2D eigenvalue weighted by atomic mass is 16.5. The maximum absolute atomic E-state index is 5.83. The standard InChI is InChI=1S/C15H18N4O/c1-2-5-20-15-7-14(17-10-18-15)19-8-11-3-4-13(16)6-12(11)9-19/h3-4,6-7,10H,2,5,8-9,16H2,1H3. The van der Waals surface area contributed by atoms with Crippen molar-refractivity contribution < 1.29 is 4.74 Å². The summed E-state index contributed by atoms with van der Waals surface area (Å²) in [6.07, 6.45) is 2.52. The molecule has 0 atom stereocenters. The van der Waals surface area contributed by atoms with E-state index in [9.17, 15) is 0 Å². The summed E-state index contributed by atoms with van der Waals surface area (Å²) in [5.74, 6) is 1.52. The molecule has 1 aromatic carbocycles. The third kappa shape index (κ3) is 2.52.